The third kappa shape index (κ3) is 7.11. The van der Waals surface area contributed by atoms with Gasteiger partial charge < -0.3 is 5.11 Å². The highest BCUT2D eigenvalue weighted by molar-refractivity contribution is 5.86. The number of aliphatic hydroxyl groups is 1. The Morgan fingerprint density at radius 2 is 2.20 bits per heavy atom. The predicted molar refractivity (Wildman–Crippen MR) is 59.1 cm³/mol. The second kappa shape index (κ2) is 8.44. The summed E-state index contributed by atoms with van der Waals surface area (Å²) < 4.78 is 0. The van der Waals surface area contributed by atoms with Crippen molar-refractivity contribution in [1.82, 2.24) is 5.06 Å². The zero-order valence-electron chi connectivity index (χ0n) is 9.77. The van der Waals surface area contributed by atoms with Crippen molar-refractivity contribution in [3.05, 3.63) is 12.2 Å². The Morgan fingerprint density at radius 1 is 1.53 bits per heavy atom. The second-order valence-electron chi connectivity index (χ2n) is 3.44. The van der Waals surface area contributed by atoms with Crippen LogP contribution in [0.3, 0.4) is 0 Å². The van der Waals surface area contributed by atoms with Crippen LogP contribution in [0.2, 0.25) is 0 Å². The topological polar surface area (TPSA) is 49.8 Å². The molecule has 1 N–H and O–H groups in total. The molecule has 0 rings (SSSR count). The predicted octanol–water partition coefficient (Wildman–Crippen LogP) is 1.50. The molecular formula is C11H21NO3. The zero-order chi connectivity index (χ0) is 11.7. The average Bonchev–Trinajstić information content (AvgIpc) is 2.25. The molecule has 0 saturated heterocycles. The van der Waals surface area contributed by atoms with Crippen molar-refractivity contribution in [2.24, 2.45) is 0 Å². The molecule has 0 aromatic carbocycles. The lowest BCUT2D eigenvalue weighted by atomic mass is 10.1. The van der Waals surface area contributed by atoms with Gasteiger partial charge in [0.15, 0.2) is 0 Å². The van der Waals surface area contributed by atoms with Gasteiger partial charge in [-0.1, -0.05) is 32.3 Å². The summed E-state index contributed by atoms with van der Waals surface area (Å²) in [6, 6.07) is 0. The fourth-order valence-electron chi connectivity index (χ4n) is 1.09. The van der Waals surface area contributed by atoms with Crippen molar-refractivity contribution in [1.29, 1.82) is 0 Å². The molecule has 0 unspecified atom stereocenters. The van der Waals surface area contributed by atoms with Gasteiger partial charge in [-0.25, -0.2) is 5.06 Å². The van der Waals surface area contributed by atoms with Crippen LogP contribution < -0.4 is 0 Å². The normalized spacial score (nSPS) is 13.1. The molecule has 0 heterocycles. The summed E-state index contributed by atoms with van der Waals surface area (Å²) in [4.78, 5) is 15.9. The number of nitrogens with zero attached hydrogens (tertiary/aromatic N) is 1. The van der Waals surface area contributed by atoms with Gasteiger partial charge in [0.05, 0.1) is 13.2 Å². The molecule has 88 valence electrons. The maximum absolute atomic E-state index is 11.2. The molecule has 0 fully saturated rings. The molecule has 0 bridgehead atoms. The number of hydrogen-bond acceptors (Lipinski definition) is 3. The minimum atomic E-state index is -0.536. The van der Waals surface area contributed by atoms with E-state index in [-0.39, 0.29) is 5.91 Å². The molecule has 15 heavy (non-hydrogen) atoms. The molecule has 0 aliphatic rings. The van der Waals surface area contributed by atoms with Gasteiger partial charge in [-0.05, 0) is 6.42 Å². The monoisotopic (exact) mass is 215 g/mol. The molecule has 0 aromatic rings. The maximum atomic E-state index is 11.2. The minimum Gasteiger partial charge on any atom is -0.389 e. The molecular weight excluding hydrogens is 194 g/mol. The quantitative estimate of drug-likeness (QED) is 0.398. The third-order valence-electron chi connectivity index (χ3n) is 2.15. The number of aliphatic hydroxyl groups excluding tert-OH is 1. The van der Waals surface area contributed by atoms with Crippen LogP contribution >= 0.6 is 0 Å². The Balaban J connectivity index is 3.79. The van der Waals surface area contributed by atoms with Gasteiger partial charge in [0.2, 0.25) is 0 Å². The van der Waals surface area contributed by atoms with Gasteiger partial charge in [0, 0.05) is 13.1 Å². The van der Waals surface area contributed by atoms with Gasteiger partial charge in [-0.15, -0.1) is 0 Å². The number of carbonyl (C=O) groups is 1. The number of likely N-dealkylation sites (N-methyl/N-ethyl adjacent to an activating group) is 1. The van der Waals surface area contributed by atoms with E-state index >= 15 is 0 Å². The fourth-order valence-corrected chi connectivity index (χ4v) is 1.09. The van der Waals surface area contributed by atoms with Crippen LogP contribution in [-0.4, -0.2) is 36.3 Å². The summed E-state index contributed by atoms with van der Waals surface area (Å²) >= 11 is 0. The van der Waals surface area contributed by atoms with E-state index < -0.39 is 6.10 Å². The molecule has 0 aromatic heterocycles. The molecule has 0 saturated carbocycles. The summed E-state index contributed by atoms with van der Waals surface area (Å²) in [7, 11) is 2.94. The highest BCUT2D eigenvalue weighted by atomic mass is 16.7. The van der Waals surface area contributed by atoms with Crippen molar-refractivity contribution in [2.45, 2.75) is 38.7 Å². The highest BCUT2D eigenvalue weighted by Gasteiger charge is 2.04. The fraction of sp³-hybridized carbons (Fsp3) is 0.727. The number of unbranched alkanes of at least 4 members (excludes halogenated alkanes) is 2. The Kier molecular flexibility index (Phi) is 7.95. The van der Waals surface area contributed by atoms with E-state index in [9.17, 15) is 9.90 Å². The first-order valence-corrected chi connectivity index (χ1v) is 5.29. The number of carbonyl (C=O) groups excluding carboxylic acids is 1. The number of amides is 1. The van der Waals surface area contributed by atoms with Gasteiger partial charge >= 0.3 is 0 Å². The third-order valence-corrected chi connectivity index (χ3v) is 2.15. The first-order valence-electron chi connectivity index (χ1n) is 5.29. The standard InChI is InChI=1S/C11H21NO3/c1-4-5-6-7-10(13)8-9-11(14)12(2)15-3/h8-10,13H,4-7H2,1-3H3/b9-8+/t10-/m0/s1. The molecule has 1 amide bonds. The Hall–Kier alpha value is -0.870. The van der Waals surface area contributed by atoms with Crippen LogP contribution in [0.4, 0.5) is 0 Å². The van der Waals surface area contributed by atoms with Crippen LogP contribution in [0.15, 0.2) is 12.2 Å². The summed E-state index contributed by atoms with van der Waals surface area (Å²) in [5.74, 6) is -0.271. The van der Waals surface area contributed by atoms with Crippen molar-refractivity contribution in [3.8, 4) is 0 Å². The van der Waals surface area contributed by atoms with E-state index in [0.29, 0.717) is 6.42 Å². The van der Waals surface area contributed by atoms with Gasteiger partial charge in [-0.2, -0.15) is 0 Å². The maximum Gasteiger partial charge on any atom is 0.269 e. The van der Waals surface area contributed by atoms with Crippen LogP contribution in [0.5, 0.6) is 0 Å². The molecule has 0 aliphatic heterocycles. The molecule has 1 atom stereocenters. The van der Waals surface area contributed by atoms with E-state index in [1.165, 1.54) is 26.3 Å². The summed E-state index contributed by atoms with van der Waals surface area (Å²) in [5.41, 5.74) is 0. The average molecular weight is 215 g/mol. The van der Waals surface area contributed by atoms with Crippen molar-refractivity contribution < 1.29 is 14.7 Å². The molecule has 0 aliphatic carbocycles. The van der Waals surface area contributed by atoms with Gasteiger partial charge in [-0.3, -0.25) is 9.63 Å². The van der Waals surface area contributed by atoms with E-state index in [4.69, 9.17) is 4.84 Å². The summed E-state index contributed by atoms with van der Waals surface area (Å²) in [6.07, 6.45) is 6.22. The molecule has 4 nitrogen and oxygen atoms in total. The second-order valence-corrected chi connectivity index (χ2v) is 3.44. The van der Waals surface area contributed by atoms with E-state index in [1.807, 2.05) is 0 Å². The lowest BCUT2D eigenvalue weighted by Gasteiger charge is -2.10. The highest BCUT2D eigenvalue weighted by Crippen LogP contribution is 2.04. The lowest BCUT2D eigenvalue weighted by molar-refractivity contribution is -0.162. The lowest BCUT2D eigenvalue weighted by Crippen LogP contribution is -2.23. The first-order chi connectivity index (χ1) is 7.11. The minimum absolute atomic E-state index is 0.271. The van der Waals surface area contributed by atoms with E-state index in [0.717, 1.165) is 24.3 Å². The Morgan fingerprint density at radius 3 is 2.73 bits per heavy atom. The van der Waals surface area contributed by atoms with Crippen LogP contribution in [0, 0.1) is 0 Å². The van der Waals surface area contributed by atoms with Crippen LogP contribution in [-0.2, 0) is 9.63 Å². The molecule has 4 heteroatoms. The Labute approximate surface area is 91.5 Å². The van der Waals surface area contributed by atoms with Crippen LogP contribution in [0.1, 0.15) is 32.6 Å². The largest absolute Gasteiger partial charge is 0.389 e. The number of rotatable bonds is 7. The van der Waals surface area contributed by atoms with E-state index in [2.05, 4.69) is 6.92 Å². The zero-order valence-corrected chi connectivity index (χ0v) is 9.77. The van der Waals surface area contributed by atoms with Crippen molar-refractivity contribution in [3.63, 3.8) is 0 Å². The van der Waals surface area contributed by atoms with Crippen molar-refractivity contribution in [2.75, 3.05) is 14.2 Å². The summed E-state index contributed by atoms with van der Waals surface area (Å²) in [5, 5.41) is 10.6. The first kappa shape index (κ1) is 14.1. The van der Waals surface area contributed by atoms with E-state index in [1.54, 1.807) is 0 Å². The van der Waals surface area contributed by atoms with Crippen LogP contribution in [0.25, 0.3) is 0 Å². The number of hydroxylamine groups is 2. The van der Waals surface area contributed by atoms with Gasteiger partial charge in [0.1, 0.15) is 0 Å². The molecule has 0 spiro atoms. The molecule has 0 radical (unpaired) electrons. The summed E-state index contributed by atoms with van der Waals surface area (Å²) in [6.45, 7) is 2.11. The van der Waals surface area contributed by atoms with Gasteiger partial charge in [0.25, 0.3) is 5.91 Å². The number of hydrogen-bond donors (Lipinski definition) is 1. The van der Waals surface area contributed by atoms with Crippen molar-refractivity contribution >= 4 is 5.91 Å². The Bertz CT molecular complexity index is 204. The SMILES string of the molecule is CCCCC[C@H](O)/C=C/C(=O)N(C)OC. The smallest absolute Gasteiger partial charge is 0.269 e.